The molecule has 0 saturated carbocycles. The standard InChI is InChI=1S/C19H23N3O2/c1-3-13(4-2)19(23)22-11-16-8-14-6-5-7-17(18(14)24-16)15-9-20-12-21-10-15/h5-7,9-10,12-13,16H,3-4,8,11H2,1-2H3,(H,22,23). The van der Waals surface area contributed by atoms with Crippen LogP contribution in [-0.4, -0.2) is 28.5 Å². The molecule has 1 aromatic heterocycles. The first kappa shape index (κ1) is 16.4. The second-order valence-electron chi connectivity index (χ2n) is 6.12. The number of rotatable bonds is 6. The van der Waals surface area contributed by atoms with Gasteiger partial charge in [0.25, 0.3) is 0 Å². The Morgan fingerprint density at radius 2 is 2.04 bits per heavy atom. The minimum Gasteiger partial charge on any atom is -0.487 e. The number of aromatic nitrogens is 2. The summed E-state index contributed by atoms with van der Waals surface area (Å²) in [4.78, 5) is 20.3. The van der Waals surface area contributed by atoms with Gasteiger partial charge in [0.05, 0.1) is 6.54 Å². The predicted molar refractivity (Wildman–Crippen MR) is 92.7 cm³/mol. The van der Waals surface area contributed by atoms with Gasteiger partial charge in [0.2, 0.25) is 5.91 Å². The van der Waals surface area contributed by atoms with Crippen LogP contribution in [0.3, 0.4) is 0 Å². The van der Waals surface area contributed by atoms with Gasteiger partial charge in [-0.05, 0) is 18.4 Å². The zero-order chi connectivity index (χ0) is 16.9. The second-order valence-corrected chi connectivity index (χ2v) is 6.12. The number of nitrogens with one attached hydrogen (secondary N) is 1. The Labute approximate surface area is 142 Å². The Balaban J connectivity index is 1.68. The third kappa shape index (κ3) is 3.40. The summed E-state index contributed by atoms with van der Waals surface area (Å²) >= 11 is 0. The van der Waals surface area contributed by atoms with Gasteiger partial charge in [-0.15, -0.1) is 0 Å². The van der Waals surface area contributed by atoms with Crippen LogP contribution < -0.4 is 10.1 Å². The van der Waals surface area contributed by atoms with E-state index < -0.39 is 0 Å². The van der Waals surface area contributed by atoms with E-state index in [-0.39, 0.29) is 17.9 Å². The van der Waals surface area contributed by atoms with Crippen LogP contribution in [0.25, 0.3) is 11.1 Å². The molecule has 0 spiro atoms. The summed E-state index contributed by atoms with van der Waals surface area (Å²) in [6, 6.07) is 6.11. The maximum Gasteiger partial charge on any atom is 0.223 e. The molecule has 3 rings (SSSR count). The maximum absolute atomic E-state index is 12.1. The SMILES string of the molecule is CCC(CC)C(=O)NCC1Cc2cccc(-c3cncnc3)c2O1. The fraction of sp³-hybridized carbons (Fsp3) is 0.421. The van der Waals surface area contributed by atoms with Crippen molar-refractivity contribution in [3.05, 3.63) is 42.5 Å². The van der Waals surface area contributed by atoms with Crippen molar-refractivity contribution < 1.29 is 9.53 Å². The van der Waals surface area contributed by atoms with Crippen molar-refractivity contribution in [1.29, 1.82) is 0 Å². The van der Waals surface area contributed by atoms with Gasteiger partial charge in [-0.3, -0.25) is 4.79 Å². The molecule has 1 atom stereocenters. The summed E-state index contributed by atoms with van der Waals surface area (Å²) in [7, 11) is 0. The number of para-hydroxylation sites is 1. The van der Waals surface area contributed by atoms with Crippen molar-refractivity contribution in [1.82, 2.24) is 15.3 Å². The number of hydrogen-bond acceptors (Lipinski definition) is 4. The first-order chi connectivity index (χ1) is 11.7. The first-order valence-electron chi connectivity index (χ1n) is 8.54. The van der Waals surface area contributed by atoms with Gasteiger partial charge in [0.15, 0.2) is 0 Å². The number of nitrogens with zero attached hydrogens (tertiary/aromatic N) is 2. The molecule has 1 amide bonds. The number of amides is 1. The third-order valence-electron chi connectivity index (χ3n) is 4.56. The number of hydrogen-bond donors (Lipinski definition) is 1. The third-order valence-corrected chi connectivity index (χ3v) is 4.56. The highest BCUT2D eigenvalue weighted by Crippen LogP contribution is 2.38. The summed E-state index contributed by atoms with van der Waals surface area (Å²) in [6.07, 6.45) is 7.61. The molecule has 0 saturated heterocycles. The Hall–Kier alpha value is -2.43. The lowest BCUT2D eigenvalue weighted by molar-refractivity contribution is -0.125. The van der Waals surface area contributed by atoms with Crippen molar-refractivity contribution in [2.24, 2.45) is 5.92 Å². The first-order valence-corrected chi connectivity index (χ1v) is 8.54. The molecule has 126 valence electrons. The second kappa shape index (κ2) is 7.43. The predicted octanol–water partition coefficient (Wildman–Crippen LogP) is 3.00. The van der Waals surface area contributed by atoms with E-state index in [0.717, 1.165) is 41.7 Å². The Morgan fingerprint density at radius 1 is 1.29 bits per heavy atom. The molecule has 2 aromatic rings. The molecule has 2 heterocycles. The van der Waals surface area contributed by atoms with Crippen LogP contribution in [0.15, 0.2) is 36.9 Å². The molecule has 1 unspecified atom stereocenters. The minimum absolute atomic E-state index is 0.0240. The summed E-state index contributed by atoms with van der Waals surface area (Å²) in [6.45, 7) is 4.63. The van der Waals surface area contributed by atoms with E-state index in [1.165, 1.54) is 6.33 Å². The summed E-state index contributed by atoms with van der Waals surface area (Å²) in [5.74, 6) is 1.09. The van der Waals surface area contributed by atoms with Crippen LogP contribution in [0.4, 0.5) is 0 Å². The molecule has 0 aliphatic carbocycles. The fourth-order valence-electron chi connectivity index (χ4n) is 3.14. The van der Waals surface area contributed by atoms with Crippen molar-refractivity contribution in [3.63, 3.8) is 0 Å². The van der Waals surface area contributed by atoms with E-state index in [1.807, 2.05) is 26.0 Å². The van der Waals surface area contributed by atoms with Crippen LogP contribution in [0.5, 0.6) is 5.75 Å². The van der Waals surface area contributed by atoms with Crippen LogP contribution in [0.2, 0.25) is 0 Å². The van der Waals surface area contributed by atoms with Crippen LogP contribution >= 0.6 is 0 Å². The lowest BCUT2D eigenvalue weighted by Gasteiger charge is -2.16. The smallest absolute Gasteiger partial charge is 0.223 e. The van der Waals surface area contributed by atoms with Gasteiger partial charge < -0.3 is 10.1 Å². The number of benzene rings is 1. The number of carbonyl (C=O) groups excluding carboxylic acids is 1. The van der Waals surface area contributed by atoms with E-state index in [9.17, 15) is 4.79 Å². The quantitative estimate of drug-likeness (QED) is 0.887. The van der Waals surface area contributed by atoms with Gasteiger partial charge in [-0.25, -0.2) is 9.97 Å². The monoisotopic (exact) mass is 325 g/mol. The van der Waals surface area contributed by atoms with Gasteiger partial charge in [-0.2, -0.15) is 0 Å². The highest BCUT2D eigenvalue weighted by Gasteiger charge is 2.26. The average Bonchev–Trinajstić information content (AvgIpc) is 3.04. The average molecular weight is 325 g/mol. The summed E-state index contributed by atoms with van der Waals surface area (Å²) in [5.41, 5.74) is 3.11. The Bertz CT molecular complexity index is 699. The summed E-state index contributed by atoms with van der Waals surface area (Å²) in [5, 5.41) is 3.03. The highest BCUT2D eigenvalue weighted by atomic mass is 16.5. The normalized spacial score (nSPS) is 15.9. The minimum atomic E-state index is -0.0240. The van der Waals surface area contributed by atoms with Gasteiger partial charge in [0, 0.05) is 35.9 Å². The van der Waals surface area contributed by atoms with Gasteiger partial charge in [-0.1, -0.05) is 32.0 Å². The van der Waals surface area contributed by atoms with Crippen molar-refractivity contribution in [2.45, 2.75) is 39.2 Å². The van der Waals surface area contributed by atoms with Gasteiger partial charge in [0.1, 0.15) is 18.2 Å². The molecular formula is C19H23N3O2. The van der Waals surface area contributed by atoms with Crippen LogP contribution in [0, 0.1) is 5.92 Å². The molecular weight excluding hydrogens is 302 g/mol. The van der Waals surface area contributed by atoms with Crippen molar-refractivity contribution in [2.75, 3.05) is 6.54 Å². The van der Waals surface area contributed by atoms with Crippen LogP contribution in [-0.2, 0) is 11.2 Å². The fourth-order valence-corrected chi connectivity index (χ4v) is 3.14. The van der Waals surface area contributed by atoms with Crippen molar-refractivity contribution >= 4 is 5.91 Å². The molecule has 1 N–H and O–H groups in total. The van der Waals surface area contributed by atoms with Gasteiger partial charge >= 0.3 is 0 Å². The Morgan fingerprint density at radius 3 is 2.75 bits per heavy atom. The summed E-state index contributed by atoms with van der Waals surface area (Å²) < 4.78 is 6.12. The van der Waals surface area contributed by atoms with E-state index >= 15 is 0 Å². The molecule has 5 heteroatoms. The molecule has 24 heavy (non-hydrogen) atoms. The topological polar surface area (TPSA) is 64.1 Å². The number of carbonyl (C=O) groups is 1. The van der Waals surface area contributed by atoms with E-state index in [4.69, 9.17) is 4.74 Å². The molecule has 5 nitrogen and oxygen atoms in total. The molecule has 0 fully saturated rings. The number of fused-ring (bicyclic) bond motifs is 1. The molecule has 1 aliphatic rings. The molecule has 1 aromatic carbocycles. The van der Waals surface area contributed by atoms with E-state index in [2.05, 4.69) is 21.4 Å². The Kier molecular flexibility index (Phi) is 5.08. The maximum atomic E-state index is 12.1. The lowest BCUT2D eigenvalue weighted by atomic mass is 10.0. The molecule has 0 radical (unpaired) electrons. The zero-order valence-corrected chi connectivity index (χ0v) is 14.2. The molecule has 0 bridgehead atoms. The highest BCUT2D eigenvalue weighted by molar-refractivity contribution is 5.78. The van der Waals surface area contributed by atoms with Crippen molar-refractivity contribution in [3.8, 4) is 16.9 Å². The zero-order valence-electron chi connectivity index (χ0n) is 14.2. The molecule has 1 aliphatic heterocycles. The van der Waals surface area contributed by atoms with E-state index in [0.29, 0.717) is 6.54 Å². The number of ether oxygens (including phenoxy) is 1. The lowest BCUT2D eigenvalue weighted by Crippen LogP contribution is -2.37. The van der Waals surface area contributed by atoms with E-state index in [1.54, 1.807) is 12.4 Å². The van der Waals surface area contributed by atoms with Crippen LogP contribution in [0.1, 0.15) is 32.3 Å². The largest absolute Gasteiger partial charge is 0.487 e.